The van der Waals surface area contributed by atoms with Crippen LogP contribution in [0, 0.1) is 0 Å². The summed E-state index contributed by atoms with van der Waals surface area (Å²) >= 11 is 6.17. The molecule has 1 amide bonds. The van der Waals surface area contributed by atoms with E-state index in [-0.39, 0.29) is 5.91 Å². The number of benzene rings is 1. The van der Waals surface area contributed by atoms with E-state index in [9.17, 15) is 4.79 Å². The lowest BCUT2D eigenvalue weighted by molar-refractivity contribution is 0.0918. The summed E-state index contributed by atoms with van der Waals surface area (Å²) in [6.45, 7) is 4.48. The maximum Gasteiger partial charge on any atom is 0.287 e. The quantitative estimate of drug-likeness (QED) is 0.605. The van der Waals surface area contributed by atoms with Crippen LogP contribution < -0.4 is 15.0 Å². The number of methoxy groups -OCH3 is 1. The molecule has 0 aliphatic carbocycles. The van der Waals surface area contributed by atoms with E-state index in [4.69, 9.17) is 20.8 Å². The number of amides is 1. The fourth-order valence-electron chi connectivity index (χ4n) is 3.62. The number of nitrogens with zero attached hydrogens (tertiary/aromatic N) is 3. The first-order valence-corrected chi connectivity index (χ1v) is 10.6. The van der Waals surface area contributed by atoms with Crippen molar-refractivity contribution in [3.63, 3.8) is 0 Å². The van der Waals surface area contributed by atoms with Crippen LogP contribution in [0.5, 0.6) is 5.75 Å². The SMILES string of the molecule is COc1ccc(Cl)cc1N1CCN(Cc2ccc(C(=O)NCc3ccccn3)o2)CC1. The van der Waals surface area contributed by atoms with Crippen molar-refractivity contribution in [1.29, 1.82) is 0 Å². The first kappa shape index (κ1) is 21.2. The monoisotopic (exact) mass is 440 g/mol. The number of piperazine rings is 1. The van der Waals surface area contributed by atoms with Crippen molar-refractivity contribution in [3.05, 3.63) is 77.0 Å². The predicted molar refractivity (Wildman–Crippen MR) is 120 cm³/mol. The van der Waals surface area contributed by atoms with Gasteiger partial charge in [-0.05, 0) is 42.5 Å². The molecule has 31 heavy (non-hydrogen) atoms. The highest BCUT2D eigenvalue weighted by Crippen LogP contribution is 2.32. The molecule has 4 rings (SSSR count). The number of nitrogens with one attached hydrogen (secondary N) is 1. The van der Waals surface area contributed by atoms with E-state index in [1.54, 1.807) is 19.4 Å². The number of anilines is 1. The molecule has 0 atom stereocenters. The number of pyridine rings is 1. The van der Waals surface area contributed by atoms with Crippen LogP contribution in [0.25, 0.3) is 0 Å². The maximum absolute atomic E-state index is 12.3. The largest absolute Gasteiger partial charge is 0.495 e. The molecule has 1 N–H and O–H groups in total. The second-order valence-electron chi connectivity index (χ2n) is 7.35. The minimum absolute atomic E-state index is 0.241. The van der Waals surface area contributed by atoms with Crippen molar-refractivity contribution >= 4 is 23.2 Å². The van der Waals surface area contributed by atoms with Gasteiger partial charge in [-0.3, -0.25) is 14.7 Å². The van der Waals surface area contributed by atoms with Gasteiger partial charge in [0.05, 0.1) is 31.6 Å². The molecule has 3 heterocycles. The fourth-order valence-corrected chi connectivity index (χ4v) is 3.79. The van der Waals surface area contributed by atoms with E-state index in [0.717, 1.165) is 49.1 Å². The number of furan rings is 1. The van der Waals surface area contributed by atoms with Crippen LogP contribution in [0.3, 0.4) is 0 Å². The zero-order valence-electron chi connectivity index (χ0n) is 17.4. The summed E-state index contributed by atoms with van der Waals surface area (Å²) in [4.78, 5) is 21.1. The molecule has 0 spiro atoms. The van der Waals surface area contributed by atoms with Crippen molar-refractivity contribution in [2.45, 2.75) is 13.1 Å². The van der Waals surface area contributed by atoms with Crippen molar-refractivity contribution in [2.75, 3.05) is 38.2 Å². The van der Waals surface area contributed by atoms with E-state index < -0.39 is 0 Å². The topological polar surface area (TPSA) is 70.8 Å². The van der Waals surface area contributed by atoms with Crippen molar-refractivity contribution in [2.24, 2.45) is 0 Å². The number of hydrogen-bond donors (Lipinski definition) is 1. The average Bonchev–Trinajstić information content (AvgIpc) is 3.27. The summed E-state index contributed by atoms with van der Waals surface area (Å²) in [5.41, 5.74) is 1.82. The van der Waals surface area contributed by atoms with Gasteiger partial charge in [0.2, 0.25) is 0 Å². The third-order valence-corrected chi connectivity index (χ3v) is 5.51. The Kier molecular flexibility index (Phi) is 6.74. The number of aromatic nitrogens is 1. The number of ether oxygens (including phenoxy) is 1. The zero-order chi connectivity index (χ0) is 21.6. The molecule has 1 saturated heterocycles. The van der Waals surface area contributed by atoms with Crippen LogP contribution in [-0.4, -0.2) is 49.1 Å². The van der Waals surface area contributed by atoms with Gasteiger partial charge in [-0.25, -0.2) is 0 Å². The Hall–Kier alpha value is -3.03. The normalized spacial score (nSPS) is 14.5. The van der Waals surface area contributed by atoms with Gasteiger partial charge in [-0.2, -0.15) is 0 Å². The van der Waals surface area contributed by atoms with Crippen LogP contribution in [0.15, 0.2) is 59.1 Å². The second-order valence-corrected chi connectivity index (χ2v) is 7.79. The van der Waals surface area contributed by atoms with Crippen LogP contribution in [0.1, 0.15) is 22.0 Å². The average molecular weight is 441 g/mol. The van der Waals surface area contributed by atoms with Crippen LogP contribution in [0.2, 0.25) is 5.02 Å². The Morgan fingerprint density at radius 2 is 2.00 bits per heavy atom. The summed E-state index contributed by atoms with van der Waals surface area (Å²) < 4.78 is 11.3. The molecule has 0 radical (unpaired) electrons. The number of carbonyl (C=O) groups excluding carboxylic acids is 1. The highest BCUT2D eigenvalue weighted by molar-refractivity contribution is 6.30. The van der Waals surface area contributed by atoms with Gasteiger partial charge in [0.1, 0.15) is 11.5 Å². The molecule has 162 valence electrons. The molecule has 1 aromatic carbocycles. The summed E-state index contributed by atoms with van der Waals surface area (Å²) in [7, 11) is 1.67. The fraction of sp³-hybridized carbons (Fsp3) is 0.304. The summed E-state index contributed by atoms with van der Waals surface area (Å²) in [6, 6.07) is 14.9. The first-order chi connectivity index (χ1) is 15.1. The molecule has 0 bridgehead atoms. The van der Waals surface area contributed by atoms with E-state index in [1.165, 1.54) is 0 Å². The van der Waals surface area contributed by atoms with Crippen molar-refractivity contribution < 1.29 is 13.9 Å². The van der Waals surface area contributed by atoms with E-state index in [1.807, 2.05) is 42.5 Å². The molecule has 8 heteroatoms. The lowest BCUT2D eigenvalue weighted by Crippen LogP contribution is -2.46. The van der Waals surface area contributed by atoms with Gasteiger partial charge in [-0.15, -0.1) is 0 Å². The molecule has 1 aliphatic rings. The molecule has 0 unspecified atom stereocenters. The van der Waals surface area contributed by atoms with Gasteiger partial charge in [0, 0.05) is 37.4 Å². The molecular formula is C23H25ClN4O3. The summed E-state index contributed by atoms with van der Waals surface area (Å²) in [5, 5.41) is 3.53. The van der Waals surface area contributed by atoms with E-state index >= 15 is 0 Å². The van der Waals surface area contributed by atoms with Crippen LogP contribution in [-0.2, 0) is 13.1 Å². The Labute approximate surface area is 186 Å². The van der Waals surface area contributed by atoms with E-state index in [2.05, 4.69) is 20.1 Å². The van der Waals surface area contributed by atoms with E-state index in [0.29, 0.717) is 23.9 Å². The molecule has 2 aromatic heterocycles. The Bertz CT molecular complexity index is 1020. The number of rotatable bonds is 7. The van der Waals surface area contributed by atoms with Gasteiger partial charge < -0.3 is 19.4 Å². The van der Waals surface area contributed by atoms with Crippen molar-refractivity contribution in [3.8, 4) is 5.75 Å². The van der Waals surface area contributed by atoms with Gasteiger partial charge >= 0.3 is 0 Å². The van der Waals surface area contributed by atoms with Crippen LogP contribution in [0.4, 0.5) is 5.69 Å². The first-order valence-electron chi connectivity index (χ1n) is 10.2. The highest BCUT2D eigenvalue weighted by Gasteiger charge is 2.21. The standard InChI is InChI=1S/C23H25ClN4O3/c1-30-21-7-5-17(24)14-20(21)28-12-10-27(11-13-28)16-19-6-8-22(31-19)23(29)26-15-18-4-2-3-9-25-18/h2-9,14H,10-13,15-16H2,1H3,(H,26,29). The van der Waals surface area contributed by atoms with Crippen LogP contribution >= 0.6 is 11.6 Å². The van der Waals surface area contributed by atoms with Gasteiger partial charge in [0.25, 0.3) is 5.91 Å². The number of carbonyl (C=O) groups is 1. The lowest BCUT2D eigenvalue weighted by Gasteiger charge is -2.36. The molecule has 7 nitrogen and oxygen atoms in total. The van der Waals surface area contributed by atoms with Gasteiger partial charge in [-0.1, -0.05) is 17.7 Å². The Balaban J connectivity index is 1.29. The maximum atomic E-state index is 12.3. The smallest absolute Gasteiger partial charge is 0.287 e. The molecule has 3 aromatic rings. The Morgan fingerprint density at radius 3 is 2.74 bits per heavy atom. The Morgan fingerprint density at radius 1 is 1.16 bits per heavy atom. The zero-order valence-corrected chi connectivity index (χ0v) is 18.1. The number of halogens is 1. The molecular weight excluding hydrogens is 416 g/mol. The molecule has 1 fully saturated rings. The summed E-state index contributed by atoms with van der Waals surface area (Å²) in [6.07, 6.45) is 1.70. The number of hydrogen-bond acceptors (Lipinski definition) is 6. The highest BCUT2D eigenvalue weighted by atomic mass is 35.5. The van der Waals surface area contributed by atoms with Gasteiger partial charge in [0.15, 0.2) is 5.76 Å². The predicted octanol–water partition coefficient (Wildman–Crippen LogP) is 3.59. The third-order valence-electron chi connectivity index (χ3n) is 5.27. The molecule has 1 aliphatic heterocycles. The summed E-state index contributed by atoms with van der Waals surface area (Å²) in [5.74, 6) is 1.67. The van der Waals surface area contributed by atoms with Crippen molar-refractivity contribution in [1.82, 2.24) is 15.2 Å². The minimum atomic E-state index is -0.241. The second kappa shape index (κ2) is 9.85. The minimum Gasteiger partial charge on any atom is -0.495 e. The lowest BCUT2D eigenvalue weighted by atomic mass is 10.2. The molecule has 0 saturated carbocycles. The third kappa shape index (κ3) is 5.37.